The maximum Gasteiger partial charge on any atom is 0.192 e. The summed E-state index contributed by atoms with van der Waals surface area (Å²) in [4.78, 5) is 0. The first kappa shape index (κ1) is 22.4. The van der Waals surface area contributed by atoms with E-state index < -0.39 is 8.32 Å². The van der Waals surface area contributed by atoms with E-state index >= 15 is 0 Å². The van der Waals surface area contributed by atoms with Crippen LogP contribution in [0.15, 0.2) is 36.5 Å². The summed E-state index contributed by atoms with van der Waals surface area (Å²) in [5, 5.41) is 0.233. The second-order valence-electron chi connectivity index (χ2n) is 9.09. The van der Waals surface area contributed by atoms with Crippen molar-refractivity contribution in [1.82, 2.24) is 0 Å². The van der Waals surface area contributed by atoms with Crippen LogP contribution in [-0.2, 0) is 9.16 Å². The van der Waals surface area contributed by atoms with E-state index in [1.807, 2.05) is 6.08 Å². The monoisotopic (exact) mass is 364 g/mol. The fraction of sp³-hybridized carbons (Fsp3) is 0.727. The van der Waals surface area contributed by atoms with Crippen LogP contribution in [0.3, 0.4) is 0 Å². The van der Waals surface area contributed by atoms with Crippen LogP contribution in [0.5, 0.6) is 0 Å². The third kappa shape index (κ3) is 5.41. The van der Waals surface area contributed by atoms with Crippen LogP contribution >= 0.6 is 0 Å². The zero-order valence-electron chi connectivity index (χ0n) is 17.7. The maximum atomic E-state index is 6.41. The molecule has 0 aliphatic heterocycles. The molecular formula is C22H40O2Si. The van der Waals surface area contributed by atoms with Crippen molar-refractivity contribution in [2.45, 2.75) is 84.0 Å². The van der Waals surface area contributed by atoms with Gasteiger partial charge in [0.25, 0.3) is 0 Å². The predicted octanol–water partition coefficient (Wildman–Crippen LogP) is 6.66. The average Bonchev–Trinajstić information content (AvgIpc) is 2.51. The Balaban J connectivity index is 3.01. The van der Waals surface area contributed by atoms with Gasteiger partial charge in [0.2, 0.25) is 0 Å². The van der Waals surface area contributed by atoms with Crippen molar-refractivity contribution in [2.75, 3.05) is 13.2 Å². The lowest BCUT2D eigenvalue weighted by molar-refractivity contribution is -0.0585. The van der Waals surface area contributed by atoms with Crippen LogP contribution in [0.4, 0.5) is 0 Å². The van der Waals surface area contributed by atoms with Crippen LogP contribution in [0.1, 0.15) is 60.3 Å². The summed E-state index contributed by atoms with van der Waals surface area (Å²) in [6.45, 7) is 25.1. The largest absolute Gasteiger partial charge is 0.413 e. The highest BCUT2D eigenvalue weighted by molar-refractivity contribution is 6.74. The summed E-state index contributed by atoms with van der Waals surface area (Å²) in [5.74, 6) is 0.380. The van der Waals surface area contributed by atoms with E-state index in [1.165, 1.54) is 24.0 Å². The lowest BCUT2D eigenvalue weighted by atomic mass is 9.68. The molecule has 25 heavy (non-hydrogen) atoms. The normalized spacial score (nSPS) is 25.7. The second kappa shape index (κ2) is 8.83. The van der Waals surface area contributed by atoms with Gasteiger partial charge < -0.3 is 9.16 Å². The highest BCUT2D eigenvalue weighted by Crippen LogP contribution is 2.45. The van der Waals surface area contributed by atoms with E-state index in [0.29, 0.717) is 19.1 Å². The molecule has 0 aromatic heterocycles. The van der Waals surface area contributed by atoms with Gasteiger partial charge in [-0.25, -0.2) is 0 Å². The van der Waals surface area contributed by atoms with Gasteiger partial charge in [0.15, 0.2) is 8.32 Å². The Morgan fingerprint density at radius 2 is 1.84 bits per heavy atom. The van der Waals surface area contributed by atoms with Crippen molar-refractivity contribution in [2.24, 2.45) is 5.92 Å². The van der Waals surface area contributed by atoms with Crippen molar-refractivity contribution >= 4 is 8.32 Å². The summed E-state index contributed by atoms with van der Waals surface area (Å²) in [5.41, 5.74) is 2.28. The van der Waals surface area contributed by atoms with Gasteiger partial charge in [-0.2, -0.15) is 0 Å². The molecule has 0 amide bonds. The first-order valence-electron chi connectivity index (χ1n) is 9.69. The van der Waals surface area contributed by atoms with Gasteiger partial charge in [-0.1, -0.05) is 57.9 Å². The zero-order valence-corrected chi connectivity index (χ0v) is 18.7. The van der Waals surface area contributed by atoms with Gasteiger partial charge in [0.05, 0.1) is 18.8 Å². The molecule has 2 nitrogen and oxygen atoms in total. The molecule has 0 aromatic carbocycles. The van der Waals surface area contributed by atoms with Crippen molar-refractivity contribution in [1.29, 1.82) is 0 Å². The molecule has 2 atom stereocenters. The van der Waals surface area contributed by atoms with Gasteiger partial charge in [-0.15, -0.1) is 6.58 Å². The molecular weight excluding hydrogens is 324 g/mol. The van der Waals surface area contributed by atoms with Crippen molar-refractivity contribution in [3.63, 3.8) is 0 Å². The maximum absolute atomic E-state index is 6.41. The molecule has 1 rings (SSSR count). The van der Waals surface area contributed by atoms with E-state index in [2.05, 4.69) is 66.9 Å². The molecule has 0 aromatic rings. The molecule has 0 saturated heterocycles. The van der Waals surface area contributed by atoms with Gasteiger partial charge in [0, 0.05) is 5.92 Å². The Labute approximate surface area is 157 Å². The van der Waals surface area contributed by atoms with E-state index in [9.17, 15) is 0 Å². The second-order valence-corrected chi connectivity index (χ2v) is 13.9. The Morgan fingerprint density at radius 3 is 2.36 bits per heavy atom. The third-order valence-electron chi connectivity index (χ3n) is 6.21. The Morgan fingerprint density at radius 1 is 1.20 bits per heavy atom. The fourth-order valence-corrected chi connectivity index (χ4v) is 4.45. The molecule has 1 aliphatic rings. The third-order valence-corrected chi connectivity index (χ3v) is 10.7. The Hall–Kier alpha value is -0.643. The molecule has 0 radical (unpaired) electrons. The van der Waals surface area contributed by atoms with E-state index in [4.69, 9.17) is 9.16 Å². The minimum atomic E-state index is -1.73. The zero-order chi connectivity index (χ0) is 19.3. The van der Waals surface area contributed by atoms with Gasteiger partial charge in [-0.05, 0) is 50.4 Å². The molecule has 0 N–H and O–H groups in total. The molecule has 3 heteroatoms. The average molecular weight is 365 g/mol. The molecule has 0 bridgehead atoms. The molecule has 0 heterocycles. The minimum Gasteiger partial charge on any atom is -0.413 e. The molecule has 144 valence electrons. The quantitative estimate of drug-likeness (QED) is 0.354. The van der Waals surface area contributed by atoms with Gasteiger partial charge >= 0.3 is 0 Å². The lowest BCUT2D eigenvalue weighted by Crippen LogP contribution is -2.45. The molecule has 0 spiro atoms. The highest BCUT2D eigenvalue weighted by atomic mass is 28.4. The predicted molar refractivity (Wildman–Crippen MR) is 113 cm³/mol. The van der Waals surface area contributed by atoms with Crippen LogP contribution in [-0.4, -0.2) is 27.1 Å². The van der Waals surface area contributed by atoms with Gasteiger partial charge in [0.1, 0.15) is 0 Å². The SMILES string of the molecule is C=CCOC1(/C(C)=C/CO[Si](C)(C)C(C)(C)C)CCCCC1C(=C)C. The summed E-state index contributed by atoms with van der Waals surface area (Å²) < 4.78 is 12.8. The van der Waals surface area contributed by atoms with Crippen LogP contribution < -0.4 is 0 Å². The highest BCUT2D eigenvalue weighted by Gasteiger charge is 2.43. The minimum absolute atomic E-state index is 0.233. The Bertz CT molecular complexity index is 499. The molecule has 1 aliphatic carbocycles. The van der Waals surface area contributed by atoms with E-state index in [-0.39, 0.29) is 10.6 Å². The summed E-state index contributed by atoms with van der Waals surface area (Å²) in [6, 6.07) is 0. The van der Waals surface area contributed by atoms with Crippen molar-refractivity contribution in [3.8, 4) is 0 Å². The topological polar surface area (TPSA) is 18.5 Å². The smallest absolute Gasteiger partial charge is 0.192 e. The van der Waals surface area contributed by atoms with Crippen LogP contribution in [0, 0.1) is 5.92 Å². The van der Waals surface area contributed by atoms with E-state index in [1.54, 1.807) is 0 Å². The van der Waals surface area contributed by atoms with Crippen molar-refractivity contribution < 1.29 is 9.16 Å². The molecule has 2 unspecified atom stereocenters. The van der Waals surface area contributed by atoms with Crippen molar-refractivity contribution in [3.05, 3.63) is 36.5 Å². The van der Waals surface area contributed by atoms with Gasteiger partial charge in [-0.3, -0.25) is 0 Å². The summed E-state index contributed by atoms with van der Waals surface area (Å²) in [6.07, 6.45) is 8.78. The van der Waals surface area contributed by atoms with Crippen LogP contribution in [0.2, 0.25) is 18.1 Å². The Kier molecular flexibility index (Phi) is 7.91. The number of hydrogen-bond donors (Lipinski definition) is 0. The van der Waals surface area contributed by atoms with Crippen LogP contribution in [0.25, 0.3) is 0 Å². The standard InChI is InChI=1S/C22H40O2Si/c1-10-16-23-22(15-12-11-13-20(22)18(2)3)19(4)14-17-24-25(8,9)21(5,6)7/h10,14,20H,1-2,11-13,15-17H2,3-9H3/b19-14+. The summed E-state index contributed by atoms with van der Waals surface area (Å²) >= 11 is 0. The first-order valence-corrected chi connectivity index (χ1v) is 12.6. The number of ether oxygens (including phenoxy) is 1. The number of hydrogen-bond acceptors (Lipinski definition) is 2. The molecule has 1 fully saturated rings. The lowest BCUT2D eigenvalue weighted by Gasteiger charge is -2.45. The van der Waals surface area contributed by atoms with E-state index in [0.717, 1.165) is 12.8 Å². The molecule has 1 saturated carbocycles. The number of rotatable bonds is 8. The fourth-order valence-electron chi connectivity index (χ4n) is 3.52. The summed E-state index contributed by atoms with van der Waals surface area (Å²) in [7, 11) is -1.73. The first-order chi connectivity index (χ1) is 11.5.